The van der Waals surface area contributed by atoms with Crippen LogP contribution in [-0.2, 0) is 42.8 Å². The molecule has 2 heterocycles. The van der Waals surface area contributed by atoms with Crippen LogP contribution in [0.4, 0.5) is 0 Å². The molecule has 6 N–H and O–H groups in total. The molecule has 2 saturated heterocycles. The number of unbranched alkanes of at least 4 members (excludes halogenated alkanes) is 12. The van der Waals surface area contributed by atoms with Crippen molar-refractivity contribution < 1.29 is 73.4 Å². The largest absolute Gasteiger partial charge is 0.481 e. The lowest BCUT2D eigenvalue weighted by molar-refractivity contribution is -0.372. The molecule has 11 atom stereocenters. The average molecular weight is 737 g/mol. The summed E-state index contributed by atoms with van der Waals surface area (Å²) in [5, 5.41) is 62.2. The first-order valence-electron chi connectivity index (χ1n) is 18.9. The van der Waals surface area contributed by atoms with E-state index in [-0.39, 0.29) is 19.1 Å². The highest BCUT2D eigenvalue weighted by Gasteiger charge is 2.51. The minimum absolute atomic E-state index is 0.259. The third-order valence-electron chi connectivity index (χ3n) is 9.36. The Labute approximate surface area is 301 Å². The number of hydrogen-bond donors (Lipinski definition) is 6. The molecule has 15 heteroatoms. The Balaban J connectivity index is 1.91. The van der Waals surface area contributed by atoms with E-state index in [9.17, 15) is 39.9 Å². The number of aliphatic carboxylic acids is 1. The zero-order chi connectivity index (χ0) is 37.8. The fraction of sp³-hybridized carbons (Fsp3) is 0.917. The van der Waals surface area contributed by atoms with E-state index in [2.05, 4.69) is 0 Å². The summed E-state index contributed by atoms with van der Waals surface area (Å²) in [5.74, 6) is -1.98. The van der Waals surface area contributed by atoms with Crippen molar-refractivity contribution >= 4 is 17.9 Å². The van der Waals surface area contributed by atoms with Crippen molar-refractivity contribution in [2.45, 2.75) is 197 Å². The fourth-order valence-electron chi connectivity index (χ4n) is 6.40. The highest BCUT2D eigenvalue weighted by molar-refractivity contribution is 5.66. The van der Waals surface area contributed by atoms with Crippen molar-refractivity contribution in [1.29, 1.82) is 0 Å². The standard InChI is InChI=1S/C36H64O15/c1-4-18-25(19-16-14-12-10-8-6-5-7-9-11-13-15-17-20-28(39)40)48-36-34(32(44)30(42)27(50-36)22-47-24(3)38)51-35-33(45)31(43)29(41)26(49-35)21-46-23(2)37/h25-27,29-36,41-45H,4-22H2,1-3H3,(H,39,40)/t25-,26+,27+,29+,30+,31-,32-,33+,34+,35-,36+/m0/s1. The average Bonchev–Trinajstić information content (AvgIpc) is 3.08. The van der Waals surface area contributed by atoms with E-state index in [4.69, 9.17) is 33.5 Å². The lowest BCUT2D eigenvalue weighted by Crippen LogP contribution is -2.65. The monoisotopic (exact) mass is 736 g/mol. The van der Waals surface area contributed by atoms with Gasteiger partial charge in [-0.15, -0.1) is 0 Å². The van der Waals surface area contributed by atoms with Crippen molar-refractivity contribution in [1.82, 2.24) is 0 Å². The van der Waals surface area contributed by atoms with Crippen LogP contribution in [0.1, 0.15) is 130 Å². The molecule has 0 aromatic rings. The third kappa shape index (κ3) is 17.2. The highest BCUT2D eigenvalue weighted by atomic mass is 16.8. The minimum atomic E-state index is -1.77. The van der Waals surface area contributed by atoms with Gasteiger partial charge in [0.1, 0.15) is 62.0 Å². The summed E-state index contributed by atoms with van der Waals surface area (Å²) in [6.45, 7) is 3.58. The summed E-state index contributed by atoms with van der Waals surface area (Å²) in [6.07, 6.45) is 1.08. The summed E-state index contributed by atoms with van der Waals surface area (Å²) in [7, 11) is 0. The van der Waals surface area contributed by atoms with Crippen LogP contribution in [0.5, 0.6) is 0 Å². The number of aliphatic hydroxyl groups is 5. The van der Waals surface area contributed by atoms with Gasteiger partial charge in [0.05, 0.1) is 6.10 Å². The van der Waals surface area contributed by atoms with Gasteiger partial charge in [-0.05, 0) is 19.3 Å². The van der Waals surface area contributed by atoms with Crippen molar-refractivity contribution in [3.63, 3.8) is 0 Å². The second kappa shape index (κ2) is 25.1. The van der Waals surface area contributed by atoms with Gasteiger partial charge in [-0.3, -0.25) is 14.4 Å². The summed E-state index contributed by atoms with van der Waals surface area (Å²) in [5.41, 5.74) is 0. The van der Waals surface area contributed by atoms with Crippen LogP contribution in [-0.4, -0.2) is 129 Å². The van der Waals surface area contributed by atoms with Crippen LogP contribution >= 0.6 is 0 Å². The molecule has 2 aliphatic heterocycles. The zero-order valence-corrected chi connectivity index (χ0v) is 30.6. The highest BCUT2D eigenvalue weighted by Crippen LogP contribution is 2.32. The first kappa shape index (κ1) is 45.2. The van der Waals surface area contributed by atoms with Gasteiger partial charge in [0.25, 0.3) is 0 Å². The molecule has 0 radical (unpaired) electrons. The zero-order valence-electron chi connectivity index (χ0n) is 30.6. The molecule has 0 spiro atoms. The second-order valence-corrected chi connectivity index (χ2v) is 13.8. The predicted octanol–water partition coefficient (Wildman–Crippen LogP) is 2.87. The van der Waals surface area contributed by atoms with E-state index in [1.54, 1.807) is 0 Å². The third-order valence-corrected chi connectivity index (χ3v) is 9.36. The van der Waals surface area contributed by atoms with Gasteiger partial charge < -0.3 is 59.1 Å². The Bertz CT molecular complexity index is 982. The van der Waals surface area contributed by atoms with Crippen molar-refractivity contribution in [2.75, 3.05) is 13.2 Å². The predicted molar refractivity (Wildman–Crippen MR) is 182 cm³/mol. The van der Waals surface area contributed by atoms with E-state index < -0.39 is 85.9 Å². The molecule has 0 amide bonds. The normalized spacial score (nSPS) is 30.1. The van der Waals surface area contributed by atoms with Crippen LogP contribution in [0.2, 0.25) is 0 Å². The summed E-state index contributed by atoms with van der Waals surface area (Å²) >= 11 is 0. The van der Waals surface area contributed by atoms with Crippen LogP contribution < -0.4 is 0 Å². The van der Waals surface area contributed by atoms with Crippen molar-refractivity contribution in [3.8, 4) is 0 Å². The SMILES string of the molecule is CCC[C@@H](CCCCCCCCCCCCCCCC(=O)O)O[C@@H]1O[C@H](COC(C)=O)[C@@H](O)[C@H](O)[C@H]1O[C@@H]1O[C@H](COC(C)=O)[C@@H](O)[C@H](O)[C@H]1O. The number of carboxylic acids is 1. The molecule has 2 aliphatic rings. The van der Waals surface area contributed by atoms with E-state index in [1.165, 1.54) is 39.0 Å². The Morgan fingerprint density at radius 3 is 1.51 bits per heavy atom. The smallest absolute Gasteiger partial charge is 0.303 e. The molecular formula is C36H64O15. The molecule has 0 unspecified atom stereocenters. The quantitative estimate of drug-likeness (QED) is 0.0554. The van der Waals surface area contributed by atoms with Crippen LogP contribution in [0.25, 0.3) is 0 Å². The van der Waals surface area contributed by atoms with Gasteiger partial charge >= 0.3 is 17.9 Å². The fourth-order valence-corrected chi connectivity index (χ4v) is 6.40. The molecular weight excluding hydrogens is 672 g/mol. The van der Waals surface area contributed by atoms with E-state index in [1.807, 2.05) is 6.92 Å². The molecule has 0 saturated carbocycles. The van der Waals surface area contributed by atoms with E-state index >= 15 is 0 Å². The number of carbonyl (C=O) groups is 3. The first-order valence-corrected chi connectivity index (χ1v) is 18.9. The van der Waals surface area contributed by atoms with Crippen molar-refractivity contribution in [2.24, 2.45) is 0 Å². The van der Waals surface area contributed by atoms with Crippen LogP contribution in [0.15, 0.2) is 0 Å². The molecule has 15 nitrogen and oxygen atoms in total. The lowest BCUT2D eigenvalue weighted by atomic mass is 9.97. The van der Waals surface area contributed by atoms with E-state index in [0.29, 0.717) is 12.8 Å². The maximum atomic E-state index is 11.5. The maximum Gasteiger partial charge on any atom is 0.303 e. The number of esters is 2. The summed E-state index contributed by atoms with van der Waals surface area (Å²) < 4.78 is 33.9. The van der Waals surface area contributed by atoms with E-state index in [0.717, 1.165) is 64.7 Å². The molecule has 298 valence electrons. The number of aliphatic hydroxyl groups excluding tert-OH is 5. The number of rotatable bonds is 26. The minimum Gasteiger partial charge on any atom is -0.481 e. The molecule has 2 fully saturated rings. The van der Waals surface area contributed by atoms with Gasteiger partial charge in [0, 0.05) is 20.3 Å². The molecule has 0 aromatic heterocycles. The van der Waals surface area contributed by atoms with Gasteiger partial charge in [-0.2, -0.15) is 0 Å². The Morgan fingerprint density at radius 2 is 1.04 bits per heavy atom. The molecule has 2 rings (SSSR count). The van der Waals surface area contributed by atoms with Crippen LogP contribution in [0.3, 0.4) is 0 Å². The second-order valence-electron chi connectivity index (χ2n) is 13.8. The Morgan fingerprint density at radius 1 is 0.588 bits per heavy atom. The summed E-state index contributed by atoms with van der Waals surface area (Å²) in [4.78, 5) is 33.4. The Kier molecular flexibility index (Phi) is 22.3. The van der Waals surface area contributed by atoms with Gasteiger partial charge in [-0.25, -0.2) is 0 Å². The topological polar surface area (TPSA) is 228 Å². The Hall–Kier alpha value is -1.95. The number of hydrogen-bond acceptors (Lipinski definition) is 14. The molecule has 0 aromatic carbocycles. The molecule has 0 aliphatic carbocycles. The number of carbonyl (C=O) groups excluding carboxylic acids is 2. The van der Waals surface area contributed by atoms with Gasteiger partial charge in [0.2, 0.25) is 0 Å². The van der Waals surface area contributed by atoms with Crippen molar-refractivity contribution in [3.05, 3.63) is 0 Å². The van der Waals surface area contributed by atoms with Gasteiger partial charge in [0.15, 0.2) is 12.6 Å². The lowest BCUT2D eigenvalue weighted by Gasteiger charge is -2.46. The van der Waals surface area contributed by atoms with Gasteiger partial charge in [-0.1, -0.05) is 90.4 Å². The number of carboxylic acid groups (broad SMARTS) is 1. The summed E-state index contributed by atoms with van der Waals surface area (Å²) in [6, 6.07) is 0. The molecule has 51 heavy (non-hydrogen) atoms. The first-order chi connectivity index (χ1) is 24.3. The molecule has 0 bridgehead atoms. The number of ether oxygens (including phenoxy) is 6. The van der Waals surface area contributed by atoms with Crippen LogP contribution in [0, 0.1) is 0 Å². The maximum absolute atomic E-state index is 11.5.